The number of piperidine rings is 1. The molecule has 0 aliphatic carbocycles. The van der Waals surface area contributed by atoms with E-state index in [0.717, 1.165) is 37.1 Å². The number of halogens is 3. The molecule has 5 aromatic rings. The van der Waals surface area contributed by atoms with Crippen molar-refractivity contribution < 1.29 is 9.50 Å². The van der Waals surface area contributed by atoms with Gasteiger partial charge in [-0.25, -0.2) is 9.07 Å². The summed E-state index contributed by atoms with van der Waals surface area (Å²) in [5.74, 6) is -0.548. The molecule has 3 aromatic carbocycles. The molecular formula is C35H35Cl2FN8O. The number of pyridine rings is 1. The molecule has 0 spiro atoms. The number of aromatic nitrogens is 4. The van der Waals surface area contributed by atoms with Crippen LogP contribution in [0.2, 0.25) is 10.0 Å². The summed E-state index contributed by atoms with van der Waals surface area (Å²) in [7, 11) is 0. The Labute approximate surface area is 282 Å². The van der Waals surface area contributed by atoms with Gasteiger partial charge >= 0.3 is 0 Å². The molecule has 6 rings (SSSR count). The van der Waals surface area contributed by atoms with Gasteiger partial charge < -0.3 is 15.7 Å². The number of benzene rings is 3. The van der Waals surface area contributed by atoms with Crippen LogP contribution in [0.3, 0.4) is 0 Å². The van der Waals surface area contributed by atoms with E-state index in [0.29, 0.717) is 38.7 Å². The lowest BCUT2D eigenvalue weighted by molar-refractivity contribution is 0.0866. The highest BCUT2D eigenvalue weighted by Gasteiger charge is 2.29. The van der Waals surface area contributed by atoms with Crippen LogP contribution in [0.4, 0.5) is 21.5 Å². The van der Waals surface area contributed by atoms with Gasteiger partial charge in [-0.05, 0) is 75.1 Å². The van der Waals surface area contributed by atoms with Crippen molar-refractivity contribution in [3.8, 4) is 6.07 Å². The second kappa shape index (κ2) is 13.5. The number of nitriles is 1. The lowest BCUT2D eigenvalue weighted by atomic mass is 9.97. The number of anilines is 3. The molecule has 0 bridgehead atoms. The average Bonchev–Trinajstić information content (AvgIpc) is 3.55. The maximum absolute atomic E-state index is 13.9. The SMILES string of the molecule is CC(C)(C)N1CCC(n2cc(C(Nc3cc(Cl)c4ncc(C#N)c(Nc5ccc(F)c(Cl)c5)c4c3)c3ccccc3CO)nn2)CC1. The van der Waals surface area contributed by atoms with Crippen molar-refractivity contribution in [2.75, 3.05) is 23.7 Å². The summed E-state index contributed by atoms with van der Waals surface area (Å²) < 4.78 is 15.8. The molecule has 9 nitrogen and oxygen atoms in total. The van der Waals surface area contributed by atoms with Gasteiger partial charge in [0.05, 0.1) is 51.7 Å². The quantitative estimate of drug-likeness (QED) is 0.152. The van der Waals surface area contributed by atoms with Crippen molar-refractivity contribution in [1.29, 1.82) is 5.26 Å². The number of aliphatic hydroxyl groups is 1. The number of nitrogens with zero attached hydrogens (tertiary/aromatic N) is 6. The van der Waals surface area contributed by atoms with Crippen LogP contribution in [-0.2, 0) is 6.61 Å². The second-order valence-corrected chi connectivity index (χ2v) is 13.5. The van der Waals surface area contributed by atoms with Crippen LogP contribution in [0, 0.1) is 17.1 Å². The topological polar surface area (TPSA) is 115 Å². The molecule has 12 heteroatoms. The maximum Gasteiger partial charge on any atom is 0.141 e. The third-order valence-electron chi connectivity index (χ3n) is 8.69. The van der Waals surface area contributed by atoms with Gasteiger partial charge in [-0.15, -0.1) is 5.10 Å². The number of fused-ring (bicyclic) bond motifs is 1. The van der Waals surface area contributed by atoms with Crippen LogP contribution >= 0.6 is 23.2 Å². The largest absolute Gasteiger partial charge is 0.392 e. The zero-order valence-electron chi connectivity index (χ0n) is 26.3. The molecule has 2 aromatic heterocycles. The molecule has 242 valence electrons. The van der Waals surface area contributed by atoms with E-state index in [1.165, 1.54) is 24.4 Å². The third kappa shape index (κ3) is 6.90. The first-order chi connectivity index (χ1) is 22.5. The first-order valence-electron chi connectivity index (χ1n) is 15.4. The second-order valence-electron chi connectivity index (χ2n) is 12.7. The van der Waals surface area contributed by atoms with Gasteiger partial charge in [-0.3, -0.25) is 9.88 Å². The molecule has 3 heterocycles. The zero-order valence-corrected chi connectivity index (χ0v) is 27.8. The highest BCUT2D eigenvalue weighted by Crippen LogP contribution is 2.38. The van der Waals surface area contributed by atoms with Crippen LogP contribution in [0.5, 0.6) is 0 Å². The van der Waals surface area contributed by atoms with Crippen molar-refractivity contribution in [3.05, 3.63) is 105 Å². The van der Waals surface area contributed by atoms with E-state index < -0.39 is 11.9 Å². The molecular weight excluding hydrogens is 638 g/mol. The number of rotatable bonds is 8. The van der Waals surface area contributed by atoms with Gasteiger partial charge in [0, 0.05) is 41.6 Å². The minimum Gasteiger partial charge on any atom is -0.392 e. The van der Waals surface area contributed by atoms with Crippen molar-refractivity contribution >= 4 is 51.2 Å². The number of likely N-dealkylation sites (tertiary alicyclic amines) is 1. The molecule has 3 N–H and O–H groups in total. The molecule has 1 saturated heterocycles. The zero-order chi connectivity index (χ0) is 33.3. The summed E-state index contributed by atoms with van der Waals surface area (Å²) >= 11 is 12.8. The minimum absolute atomic E-state index is 0.0505. The molecule has 1 atom stereocenters. The Hall–Kier alpha value is -4.27. The molecule has 1 aliphatic heterocycles. The fourth-order valence-electron chi connectivity index (χ4n) is 6.12. The summed E-state index contributed by atoms with van der Waals surface area (Å²) in [6, 6.07) is 17.4. The van der Waals surface area contributed by atoms with Gasteiger partial charge in [-0.2, -0.15) is 5.26 Å². The average molecular weight is 674 g/mol. The van der Waals surface area contributed by atoms with Gasteiger partial charge in [-0.1, -0.05) is 52.7 Å². The van der Waals surface area contributed by atoms with Gasteiger partial charge in [0.2, 0.25) is 0 Å². The Morgan fingerprint density at radius 1 is 1.06 bits per heavy atom. The number of hydrogen-bond acceptors (Lipinski definition) is 8. The lowest BCUT2D eigenvalue weighted by Gasteiger charge is -2.40. The highest BCUT2D eigenvalue weighted by molar-refractivity contribution is 6.36. The summed E-state index contributed by atoms with van der Waals surface area (Å²) in [4.78, 5) is 6.95. The summed E-state index contributed by atoms with van der Waals surface area (Å²) in [6.45, 7) is 8.52. The Balaban J connectivity index is 1.38. The first kappa shape index (κ1) is 32.7. The number of hydrogen-bond donors (Lipinski definition) is 3. The summed E-state index contributed by atoms with van der Waals surface area (Å²) in [5.41, 5.74) is 4.71. The summed E-state index contributed by atoms with van der Waals surface area (Å²) in [5, 5.41) is 37.1. The number of nitrogens with one attached hydrogen (secondary N) is 2. The standard InChI is InChI=1S/C35H35Cl2FN8O/c1-35(2,3)45-12-10-25(11-13-45)46-19-31(43-44-46)34(26-7-5-4-6-21(26)20-47)42-24-14-27-32(41-23-8-9-30(38)28(36)15-23)22(17-39)18-40-33(27)29(37)16-24/h4-9,14-16,18-19,25,34,42,47H,10-13,20H2,1-3H3,(H,40,41). The lowest BCUT2D eigenvalue weighted by Crippen LogP contribution is -2.46. The Morgan fingerprint density at radius 3 is 2.51 bits per heavy atom. The van der Waals surface area contributed by atoms with E-state index in [4.69, 9.17) is 23.2 Å². The van der Waals surface area contributed by atoms with Gasteiger partial charge in [0.1, 0.15) is 17.6 Å². The highest BCUT2D eigenvalue weighted by atomic mass is 35.5. The maximum atomic E-state index is 13.9. The summed E-state index contributed by atoms with van der Waals surface area (Å²) in [6.07, 6.45) is 5.36. The molecule has 0 amide bonds. The van der Waals surface area contributed by atoms with Crippen LogP contribution in [-0.4, -0.2) is 48.6 Å². The molecule has 0 radical (unpaired) electrons. The normalized spacial score (nSPS) is 15.0. The molecule has 1 fully saturated rings. The van der Waals surface area contributed by atoms with E-state index in [2.05, 4.69) is 57.7 Å². The van der Waals surface area contributed by atoms with Gasteiger partial charge in [0.15, 0.2) is 0 Å². The Kier molecular flexibility index (Phi) is 9.35. The predicted molar refractivity (Wildman–Crippen MR) is 184 cm³/mol. The molecule has 47 heavy (non-hydrogen) atoms. The van der Waals surface area contributed by atoms with E-state index in [1.54, 1.807) is 6.07 Å². The van der Waals surface area contributed by atoms with Crippen molar-refractivity contribution in [3.63, 3.8) is 0 Å². The third-order valence-corrected chi connectivity index (χ3v) is 9.27. The van der Waals surface area contributed by atoms with Crippen molar-refractivity contribution in [1.82, 2.24) is 24.9 Å². The van der Waals surface area contributed by atoms with E-state index in [1.807, 2.05) is 41.2 Å². The Bertz CT molecular complexity index is 1960. The van der Waals surface area contributed by atoms with Gasteiger partial charge in [0.25, 0.3) is 0 Å². The van der Waals surface area contributed by atoms with Crippen LogP contribution in [0.15, 0.2) is 67.0 Å². The molecule has 0 saturated carbocycles. The fraction of sp³-hybridized carbons (Fsp3) is 0.314. The van der Waals surface area contributed by atoms with E-state index >= 15 is 0 Å². The van der Waals surface area contributed by atoms with E-state index in [9.17, 15) is 14.8 Å². The smallest absolute Gasteiger partial charge is 0.141 e. The monoisotopic (exact) mass is 672 g/mol. The Morgan fingerprint density at radius 2 is 1.81 bits per heavy atom. The molecule has 1 unspecified atom stereocenters. The minimum atomic E-state index is -0.548. The van der Waals surface area contributed by atoms with E-state index in [-0.39, 0.29) is 28.8 Å². The fourth-order valence-corrected chi connectivity index (χ4v) is 6.57. The van der Waals surface area contributed by atoms with Crippen molar-refractivity contribution in [2.24, 2.45) is 0 Å². The van der Waals surface area contributed by atoms with Crippen LogP contribution in [0.25, 0.3) is 10.9 Å². The van der Waals surface area contributed by atoms with Crippen LogP contribution < -0.4 is 10.6 Å². The molecule has 1 aliphatic rings. The van der Waals surface area contributed by atoms with Crippen LogP contribution in [0.1, 0.15) is 68.1 Å². The first-order valence-corrected chi connectivity index (χ1v) is 16.2. The predicted octanol–water partition coefficient (Wildman–Crippen LogP) is 8.02. The number of aliphatic hydroxyl groups excluding tert-OH is 1. The van der Waals surface area contributed by atoms with Crippen molar-refractivity contribution in [2.45, 2.75) is 57.8 Å².